The molecule has 1 saturated carbocycles. The molecule has 1 amide bonds. The number of aromatic nitrogens is 3. The summed E-state index contributed by atoms with van der Waals surface area (Å²) in [6, 6.07) is 4.20. The number of halogens is 2. The van der Waals surface area contributed by atoms with Gasteiger partial charge in [-0.05, 0) is 31.0 Å². The first-order valence-electron chi connectivity index (χ1n) is 8.33. The van der Waals surface area contributed by atoms with E-state index in [4.69, 9.17) is 17.3 Å². The summed E-state index contributed by atoms with van der Waals surface area (Å²) in [5.41, 5.74) is 5.48. The number of hydrogen-bond donors (Lipinski definition) is 2. The van der Waals surface area contributed by atoms with Gasteiger partial charge in [0.2, 0.25) is 5.43 Å². The van der Waals surface area contributed by atoms with Gasteiger partial charge in [-0.15, -0.1) is 0 Å². The summed E-state index contributed by atoms with van der Waals surface area (Å²) >= 11 is 5.88. The van der Waals surface area contributed by atoms with Gasteiger partial charge < -0.3 is 15.6 Å². The molecule has 27 heavy (non-hydrogen) atoms. The van der Waals surface area contributed by atoms with Crippen LogP contribution in [-0.4, -0.2) is 20.4 Å². The zero-order chi connectivity index (χ0) is 19.1. The largest absolute Gasteiger partial charge is 0.384 e. The topological polar surface area (TPSA) is 103 Å². The summed E-state index contributed by atoms with van der Waals surface area (Å²) in [4.78, 5) is 33.3. The minimum absolute atomic E-state index is 0.0136. The molecule has 2 aromatic heterocycles. The molecular weight excluding hydrogens is 373 g/mol. The van der Waals surface area contributed by atoms with Gasteiger partial charge in [-0.3, -0.25) is 9.59 Å². The van der Waals surface area contributed by atoms with E-state index in [0.29, 0.717) is 11.3 Å². The summed E-state index contributed by atoms with van der Waals surface area (Å²) < 4.78 is 15.7. The first-order valence-corrected chi connectivity index (χ1v) is 8.71. The number of nitrogens with zero attached hydrogens (tertiary/aromatic N) is 3. The van der Waals surface area contributed by atoms with Gasteiger partial charge >= 0.3 is 0 Å². The highest BCUT2D eigenvalue weighted by Gasteiger charge is 2.27. The number of rotatable bonds is 4. The van der Waals surface area contributed by atoms with Crippen molar-refractivity contribution >= 4 is 34.2 Å². The number of anilines is 1. The molecule has 0 spiro atoms. The second-order valence-electron chi connectivity index (χ2n) is 6.37. The third-order valence-corrected chi connectivity index (χ3v) is 4.68. The van der Waals surface area contributed by atoms with Crippen LogP contribution in [0.5, 0.6) is 0 Å². The number of carbonyl (C=O) groups excluding carboxylic acids is 1. The fourth-order valence-corrected chi connectivity index (χ4v) is 3.07. The molecule has 9 heteroatoms. The van der Waals surface area contributed by atoms with Crippen LogP contribution in [0.2, 0.25) is 5.02 Å². The second-order valence-corrected chi connectivity index (χ2v) is 6.78. The van der Waals surface area contributed by atoms with Crippen LogP contribution in [0.4, 0.5) is 10.2 Å². The standard InChI is InChI=1S/C18H15ClFN5O2/c19-12-6-14-10(5-13(12)20)17(26)11(8-25(14)9-1-2-9)18(27)23-7-16-22-4-3-15(21)24-16/h3-6,8-9H,1-2,7H2,(H,23,27)(H2,21,22,24). The molecule has 138 valence electrons. The van der Waals surface area contributed by atoms with Crippen LogP contribution in [-0.2, 0) is 6.54 Å². The lowest BCUT2D eigenvalue weighted by Crippen LogP contribution is -2.30. The Hall–Kier alpha value is -3.00. The fourth-order valence-electron chi connectivity index (χ4n) is 2.92. The smallest absolute Gasteiger partial charge is 0.257 e. The first-order chi connectivity index (χ1) is 12.9. The lowest BCUT2D eigenvalue weighted by Gasteiger charge is -2.13. The van der Waals surface area contributed by atoms with Crippen LogP contribution in [0.3, 0.4) is 0 Å². The SMILES string of the molecule is Nc1ccnc(CNC(=O)c2cn(C3CC3)c3cc(Cl)c(F)cc3c2=O)n1. The number of nitrogens with two attached hydrogens (primary N) is 1. The molecule has 7 nitrogen and oxygen atoms in total. The number of carbonyl (C=O) groups is 1. The lowest BCUT2D eigenvalue weighted by atomic mass is 10.1. The Bertz CT molecular complexity index is 1130. The molecule has 1 fully saturated rings. The average Bonchev–Trinajstić information content (AvgIpc) is 3.47. The summed E-state index contributed by atoms with van der Waals surface area (Å²) in [5.74, 6) is -0.681. The van der Waals surface area contributed by atoms with Crippen molar-refractivity contribution in [2.24, 2.45) is 0 Å². The van der Waals surface area contributed by atoms with Crippen molar-refractivity contribution in [3.63, 3.8) is 0 Å². The quantitative estimate of drug-likeness (QED) is 0.715. The van der Waals surface area contributed by atoms with Gasteiger partial charge in [-0.25, -0.2) is 14.4 Å². The molecule has 0 unspecified atom stereocenters. The number of fused-ring (bicyclic) bond motifs is 1. The van der Waals surface area contributed by atoms with Crippen LogP contribution in [0, 0.1) is 5.82 Å². The van der Waals surface area contributed by atoms with E-state index in [0.717, 1.165) is 18.9 Å². The maximum absolute atomic E-state index is 13.9. The minimum atomic E-state index is -0.700. The van der Waals surface area contributed by atoms with E-state index in [-0.39, 0.29) is 34.4 Å². The van der Waals surface area contributed by atoms with Gasteiger partial charge in [0.15, 0.2) is 0 Å². The number of hydrogen-bond acceptors (Lipinski definition) is 5. The molecule has 3 aromatic rings. The molecule has 0 saturated heterocycles. The Morgan fingerprint density at radius 3 is 2.89 bits per heavy atom. The summed E-state index contributed by atoms with van der Waals surface area (Å²) in [6.45, 7) is 0.0136. The summed E-state index contributed by atoms with van der Waals surface area (Å²) in [5, 5.41) is 2.67. The van der Waals surface area contributed by atoms with E-state index >= 15 is 0 Å². The van der Waals surface area contributed by atoms with Crippen molar-refractivity contribution in [2.75, 3.05) is 5.73 Å². The van der Waals surface area contributed by atoms with E-state index in [1.807, 2.05) is 4.57 Å². The zero-order valence-electron chi connectivity index (χ0n) is 14.1. The average molecular weight is 388 g/mol. The number of nitrogens with one attached hydrogen (secondary N) is 1. The van der Waals surface area contributed by atoms with E-state index in [1.54, 1.807) is 0 Å². The van der Waals surface area contributed by atoms with E-state index in [2.05, 4.69) is 15.3 Å². The van der Waals surface area contributed by atoms with Crippen LogP contribution >= 0.6 is 11.6 Å². The second kappa shape index (κ2) is 6.62. The molecule has 1 aliphatic carbocycles. The number of nitrogen functional groups attached to an aromatic ring is 1. The van der Waals surface area contributed by atoms with Crippen molar-refractivity contribution in [3.8, 4) is 0 Å². The van der Waals surface area contributed by atoms with E-state index in [9.17, 15) is 14.0 Å². The molecule has 1 aliphatic rings. The molecule has 0 aliphatic heterocycles. The molecule has 0 atom stereocenters. The van der Waals surface area contributed by atoms with Crippen molar-refractivity contribution in [1.29, 1.82) is 0 Å². The summed E-state index contributed by atoms with van der Waals surface area (Å²) in [6.07, 6.45) is 4.83. The highest BCUT2D eigenvalue weighted by Crippen LogP contribution is 2.37. The Labute approximate surface area is 158 Å². The Morgan fingerprint density at radius 2 is 2.19 bits per heavy atom. The summed E-state index contributed by atoms with van der Waals surface area (Å²) in [7, 11) is 0. The Balaban J connectivity index is 1.72. The number of amides is 1. The van der Waals surface area contributed by atoms with Gasteiger partial charge in [0.05, 0.1) is 17.1 Å². The van der Waals surface area contributed by atoms with Gasteiger partial charge in [0.1, 0.15) is 23.0 Å². The Kier molecular flexibility index (Phi) is 4.27. The molecular formula is C18H15ClFN5O2. The predicted octanol–water partition coefficient (Wildman–Crippen LogP) is 2.43. The predicted molar refractivity (Wildman–Crippen MR) is 99.1 cm³/mol. The van der Waals surface area contributed by atoms with Crippen LogP contribution in [0.25, 0.3) is 10.9 Å². The minimum Gasteiger partial charge on any atom is -0.384 e. The van der Waals surface area contributed by atoms with Crippen molar-refractivity contribution in [1.82, 2.24) is 19.9 Å². The Morgan fingerprint density at radius 1 is 1.41 bits per heavy atom. The van der Waals surface area contributed by atoms with E-state index in [1.165, 1.54) is 24.5 Å². The highest BCUT2D eigenvalue weighted by atomic mass is 35.5. The fraction of sp³-hybridized carbons (Fsp3) is 0.222. The van der Waals surface area contributed by atoms with Crippen LogP contribution in [0.1, 0.15) is 35.1 Å². The van der Waals surface area contributed by atoms with Crippen molar-refractivity contribution in [2.45, 2.75) is 25.4 Å². The molecule has 1 aromatic carbocycles. The highest BCUT2D eigenvalue weighted by molar-refractivity contribution is 6.31. The molecule has 3 N–H and O–H groups in total. The molecule has 2 heterocycles. The van der Waals surface area contributed by atoms with Crippen molar-refractivity contribution < 1.29 is 9.18 Å². The zero-order valence-corrected chi connectivity index (χ0v) is 14.8. The molecule has 0 bridgehead atoms. The van der Waals surface area contributed by atoms with Crippen LogP contribution in [0.15, 0.2) is 35.4 Å². The van der Waals surface area contributed by atoms with Gasteiger partial charge in [-0.1, -0.05) is 11.6 Å². The van der Waals surface area contributed by atoms with Crippen molar-refractivity contribution in [3.05, 3.63) is 63.0 Å². The maximum Gasteiger partial charge on any atom is 0.257 e. The number of pyridine rings is 1. The first kappa shape index (κ1) is 17.4. The monoisotopic (exact) mass is 387 g/mol. The van der Waals surface area contributed by atoms with Gasteiger partial charge in [0, 0.05) is 23.8 Å². The lowest BCUT2D eigenvalue weighted by molar-refractivity contribution is 0.0948. The third kappa shape index (κ3) is 3.35. The van der Waals surface area contributed by atoms with Crippen LogP contribution < -0.4 is 16.5 Å². The van der Waals surface area contributed by atoms with Gasteiger partial charge in [-0.2, -0.15) is 0 Å². The van der Waals surface area contributed by atoms with E-state index < -0.39 is 17.2 Å². The molecule has 4 rings (SSSR count). The molecule has 0 radical (unpaired) electrons. The normalized spacial score (nSPS) is 13.7. The maximum atomic E-state index is 13.9. The number of benzene rings is 1. The third-order valence-electron chi connectivity index (χ3n) is 4.39. The van der Waals surface area contributed by atoms with Gasteiger partial charge in [0.25, 0.3) is 5.91 Å².